The van der Waals surface area contributed by atoms with Gasteiger partial charge in [-0.2, -0.15) is 0 Å². The molecule has 5 rings (SSSR count). The molecule has 2 amide bonds. The van der Waals surface area contributed by atoms with Crippen LogP contribution in [0.3, 0.4) is 0 Å². The van der Waals surface area contributed by atoms with Crippen molar-refractivity contribution in [1.29, 1.82) is 0 Å². The number of carboxylic acids is 1. The molecule has 0 aliphatic heterocycles. The van der Waals surface area contributed by atoms with E-state index in [1.54, 1.807) is 6.92 Å². The van der Waals surface area contributed by atoms with Gasteiger partial charge in [0.1, 0.15) is 6.61 Å². The first kappa shape index (κ1) is 29.3. The summed E-state index contributed by atoms with van der Waals surface area (Å²) in [4.78, 5) is 37.9. The first-order chi connectivity index (χ1) is 20.4. The number of carbonyl (C=O) groups excluding carboxylic acids is 2. The first-order valence-corrected chi connectivity index (χ1v) is 14.7. The van der Waals surface area contributed by atoms with E-state index in [0.29, 0.717) is 0 Å². The number of fused-ring (bicyclic) bond motifs is 3. The molecule has 1 saturated carbocycles. The van der Waals surface area contributed by atoms with Crippen LogP contribution in [0.25, 0.3) is 11.1 Å². The molecule has 8 nitrogen and oxygen atoms in total. The fraction of sp³-hybridized carbons (Fsp3) is 0.382. The summed E-state index contributed by atoms with van der Waals surface area (Å²) in [7, 11) is 0. The Morgan fingerprint density at radius 1 is 0.881 bits per heavy atom. The smallest absolute Gasteiger partial charge is 0.407 e. The molecule has 0 aromatic heterocycles. The molecular formula is C34H38N2O6. The minimum atomic E-state index is -1.18. The zero-order valence-electron chi connectivity index (χ0n) is 23.8. The van der Waals surface area contributed by atoms with Gasteiger partial charge in [0.25, 0.3) is 0 Å². The molecule has 3 N–H and O–H groups in total. The molecule has 2 aliphatic rings. The van der Waals surface area contributed by atoms with Crippen molar-refractivity contribution < 1.29 is 29.0 Å². The van der Waals surface area contributed by atoms with Crippen LogP contribution in [0.1, 0.15) is 61.6 Å². The maximum atomic E-state index is 13.0. The fourth-order valence-electron chi connectivity index (χ4n) is 6.18. The van der Waals surface area contributed by atoms with Crippen LogP contribution in [0, 0.1) is 5.92 Å². The third-order valence-electron chi connectivity index (χ3n) is 8.41. The van der Waals surface area contributed by atoms with Gasteiger partial charge >= 0.3 is 12.1 Å². The van der Waals surface area contributed by atoms with Crippen molar-refractivity contribution in [3.8, 4) is 11.1 Å². The van der Waals surface area contributed by atoms with Crippen LogP contribution < -0.4 is 10.6 Å². The van der Waals surface area contributed by atoms with Crippen molar-refractivity contribution in [2.24, 2.45) is 5.92 Å². The molecule has 4 atom stereocenters. The summed E-state index contributed by atoms with van der Waals surface area (Å²) in [6.45, 7) is 2.11. The van der Waals surface area contributed by atoms with E-state index >= 15 is 0 Å². The number of ether oxygens (including phenoxy) is 2. The van der Waals surface area contributed by atoms with E-state index in [9.17, 15) is 19.5 Å². The molecule has 8 heteroatoms. The van der Waals surface area contributed by atoms with Crippen LogP contribution >= 0.6 is 0 Å². The summed E-state index contributed by atoms with van der Waals surface area (Å²) < 4.78 is 11.5. The van der Waals surface area contributed by atoms with Gasteiger partial charge in [0.15, 0.2) is 6.04 Å². The number of amides is 2. The van der Waals surface area contributed by atoms with E-state index in [4.69, 9.17) is 9.47 Å². The average Bonchev–Trinajstić information content (AvgIpc) is 3.32. The number of benzene rings is 3. The lowest BCUT2D eigenvalue weighted by Gasteiger charge is -2.32. The van der Waals surface area contributed by atoms with Crippen molar-refractivity contribution in [3.05, 3.63) is 95.6 Å². The van der Waals surface area contributed by atoms with Gasteiger partial charge in [0.05, 0.1) is 12.7 Å². The number of hydrogen-bond acceptors (Lipinski definition) is 5. The average molecular weight is 571 g/mol. The van der Waals surface area contributed by atoms with Crippen LogP contribution in [0.4, 0.5) is 4.79 Å². The molecule has 2 aliphatic carbocycles. The zero-order valence-corrected chi connectivity index (χ0v) is 23.8. The lowest BCUT2D eigenvalue weighted by atomic mass is 9.82. The minimum Gasteiger partial charge on any atom is -0.480 e. The largest absolute Gasteiger partial charge is 0.480 e. The lowest BCUT2D eigenvalue weighted by molar-refractivity contribution is -0.146. The number of carbonyl (C=O) groups is 3. The summed E-state index contributed by atoms with van der Waals surface area (Å²) in [6, 6.07) is 24.4. The monoisotopic (exact) mass is 570 g/mol. The maximum Gasteiger partial charge on any atom is 0.407 e. The van der Waals surface area contributed by atoms with E-state index in [-0.39, 0.29) is 43.4 Å². The standard InChI is InChI=1S/C34H38N2O6/c1-22(41-20-23-11-3-2-4-12-23)32(33(38)39)36-31(37)19-24-13-5-10-18-30(24)35-34(40)42-21-29-27-16-8-6-14-25(27)26-15-7-9-17-28(26)29/h2-4,6-9,11-12,14-17,22,24,29-30,32H,5,10,13,18-21H2,1H3,(H,35,40)(H,36,37)(H,38,39)/t22?,24-,30-,32?/m0/s1. The number of hydrogen-bond donors (Lipinski definition) is 3. The summed E-state index contributed by atoms with van der Waals surface area (Å²) in [6.07, 6.45) is 2.27. The van der Waals surface area contributed by atoms with Crippen LogP contribution in [0.5, 0.6) is 0 Å². The van der Waals surface area contributed by atoms with Gasteiger partial charge < -0.3 is 25.2 Å². The van der Waals surface area contributed by atoms with Gasteiger partial charge in [-0.3, -0.25) is 4.79 Å². The van der Waals surface area contributed by atoms with Crippen molar-refractivity contribution >= 4 is 18.0 Å². The van der Waals surface area contributed by atoms with Crippen LogP contribution in [0.15, 0.2) is 78.9 Å². The number of rotatable bonds is 11. The number of alkyl carbamates (subject to hydrolysis) is 1. The van der Waals surface area contributed by atoms with Gasteiger partial charge in [0, 0.05) is 18.4 Å². The topological polar surface area (TPSA) is 114 Å². The van der Waals surface area contributed by atoms with E-state index in [1.165, 1.54) is 11.1 Å². The summed E-state index contributed by atoms with van der Waals surface area (Å²) in [5.74, 6) is -1.67. The Hall–Kier alpha value is -4.17. The highest BCUT2D eigenvalue weighted by Crippen LogP contribution is 2.44. The van der Waals surface area contributed by atoms with Crippen LogP contribution in [-0.4, -0.2) is 47.9 Å². The molecule has 1 fully saturated rings. The van der Waals surface area contributed by atoms with E-state index in [1.807, 2.05) is 54.6 Å². The first-order valence-electron chi connectivity index (χ1n) is 14.7. The van der Waals surface area contributed by atoms with Gasteiger partial charge in [-0.15, -0.1) is 0 Å². The molecular weight excluding hydrogens is 532 g/mol. The predicted molar refractivity (Wildman–Crippen MR) is 159 cm³/mol. The molecule has 0 radical (unpaired) electrons. The van der Waals surface area contributed by atoms with Crippen LogP contribution in [-0.2, 0) is 25.7 Å². The summed E-state index contributed by atoms with van der Waals surface area (Å²) in [5.41, 5.74) is 5.55. The Kier molecular flexibility index (Phi) is 9.54. The number of carboxylic acid groups (broad SMARTS) is 1. The molecule has 3 aromatic rings. The van der Waals surface area contributed by atoms with E-state index in [0.717, 1.165) is 42.4 Å². The van der Waals surface area contributed by atoms with Gasteiger partial charge in [0.2, 0.25) is 5.91 Å². The summed E-state index contributed by atoms with van der Waals surface area (Å²) in [5, 5.41) is 15.4. The third kappa shape index (κ3) is 6.99. The fourth-order valence-corrected chi connectivity index (χ4v) is 6.18. The highest BCUT2D eigenvalue weighted by molar-refractivity contribution is 5.84. The molecule has 2 unspecified atom stereocenters. The predicted octanol–water partition coefficient (Wildman–Crippen LogP) is 5.65. The molecule has 0 spiro atoms. The Morgan fingerprint density at radius 2 is 1.50 bits per heavy atom. The molecule has 0 bridgehead atoms. The SMILES string of the molecule is CC(OCc1ccccc1)C(NC(=O)C[C@@H]1CCCC[C@@H]1NC(=O)OCC1c2ccccc2-c2ccccc21)C(=O)O. The normalized spacial score (nSPS) is 19.2. The number of aliphatic carboxylic acids is 1. The summed E-state index contributed by atoms with van der Waals surface area (Å²) >= 11 is 0. The van der Waals surface area contributed by atoms with Crippen molar-refractivity contribution in [2.45, 2.75) is 69.7 Å². The maximum absolute atomic E-state index is 13.0. The quantitative estimate of drug-likeness (QED) is 0.275. The highest BCUT2D eigenvalue weighted by Gasteiger charge is 2.33. The second-order valence-electron chi connectivity index (χ2n) is 11.2. The second kappa shape index (κ2) is 13.7. The van der Waals surface area contributed by atoms with Crippen molar-refractivity contribution in [2.75, 3.05) is 6.61 Å². The van der Waals surface area contributed by atoms with Crippen molar-refractivity contribution in [3.63, 3.8) is 0 Å². The van der Waals surface area contributed by atoms with Gasteiger partial charge in [-0.25, -0.2) is 9.59 Å². The molecule has 0 heterocycles. The minimum absolute atomic E-state index is 0.0323. The van der Waals surface area contributed by atoms with Crippen molar-refractivity contribution in [1.82, 2.24) is 10.6 Å². The second-order valence-corrected chi connectivity index (χ2v) is 11.2. The Bertz CT molecular complexity index is 1350. The highest BCUT2D eigenvalue weighted by atomic mass is 16.5. The molecule has 220 valence electrons. The molecule has 0 saturated heterocycles. The van der Waals surface area contributed by atoms with E-state index in [2.05, 4.69) is 34.9 Å². The Morgan fingerprint density at radius 3 is 2.17 bits per heavy atom. The molecule has 3 aromatic carbocycles. The van der Waals surface area contributed by atoms with E-state index < -0.39 is 24.2 Å². The number of nitrogens with one attached hydrogen (secondary N) is 2. The zero-order chi connectivity index (χ0) is 29.5. The third-order valence-corrected chi connectivity index (χ3v) is 8.41. The van der Waals surface area contributed by atoms with Gasteiger partial charge in [-0.1, -0.05) is 91.7 Å². The van der Waals surface area contributed by atoms with Crippen LogP contribution in [0.2, 0.25) is 0 Å². The lowest BCUT2D eigenvalue weighted by Crippen LogP contribution is -2.50. The Balaban J connectivity index is 1.14. The molecule has 42 heavy (non-hydrogen) atoms. The Labute approximate surface area is 246 Å². The van der Waals surface area contributed by atoms with Gasteiger partial charge in [-0.05, 0) is 53.5 Å².